The Morgan fingerprint density at radius 1 is 1.62 bits per heavy atom. The summed E-state index contributed by atoms with van der Waals surface area (Å²) in [7, 11) is 0. The Morgan fingerprint density at radius 3 is 2.69 bits per heavy atom. The second-order valence-electron chi connectivity index (χ2n) is 2.69. The maximum atomic E-state index is 10.8. The molecule has 0 aliphatic carbocycles. The van der Waals surface area contributed by atoms with Gasteiger partial charge in [-0.05, 0) is 12.0 Å². The molecule has 5 heteroatoms. The molecule has 0 aromatic heterocycles. The van der Waals surface area contributed by atoms with Crippen LogP contribution in [0.1, 0.15) is 21.7 Å². The summed E-state index contributed by atoms with van der Waals surface area (Å²) in [6, 6.07) is 0. The van der Waals surface area contributed by atoms with Gasteiger partial charge in [-0.25, -0.2) is 10.3 Å². The first-order valence-corrected chi connectivity index (χ1v) is 3.72. The van der Waals surface area contributed by atoms with E-state index in [1.165, 1.54) is 12.3 Å². The van der Waals surface area contributed by atoms with Crippen LogP contribution in [-0.4, -0.2) is 12.3 Å². The number of hydroxylamine groups is 1. The van der Waals surface area contributed by atoms with Crippen LogP contribution >= 0.6 is 0 Å². The van der Waals surface area contributed by atoms with Crippen LogP contribution in [0.4, 0.5) is 0 Å². The Balaban J connectivity index is -0.000000605. The summed E-state index contributed by atoms with van der Waals surface area (Å²) in [4.78, 5) is 25.1. The Kier molecular flexibility index (Phi) is 11.4. The van der Waals surface area contributed by atoms with Crippen LogP contribution < -0.4 is 35.0 Å². The Bertz CT molecular complexity index is 185. The molecule has 0 saturated carbocycles. The molecule has 0 aliphatic heterocycles. The molecule has 0 aromatic rings. The van der Waals surface area contributed by atoms with E-state index in [9.17, 15) is 9.59 Å². The number of carbonyl (C=O) groups is 2. The second-order valence-corrected chi connectivity index (χ2v) is 2.69. The summed E-state index contributed by atoms with van der Waals surface area (Å²) in [6.45, 7) is 3.84. The average Bonchev–Trinajstić information content (AvgIpc) is 1.97. The molecule has 0 spiro atoms. The molecule has 0 fully saturated rings. The first kappa shape index (κ1) is 15.2. The van der Waals surface area contributed by atoms with Crippen LogP contribution in [0.2, 0.25) is 0 Å². The number of hydrogen-bond acceptors (Lipinski definition) is 4. The first-order chi connectivity index (χ1) is 5.66. The van der Waals surface area contributed by atoms with Gasteiger partial charge >= 0.3 is 35.5 Å². The van der Waals surface area contributed by atoms with Crippen molar-refractivity contribution in [2.75, 3.05) is 0 Å². The summed E-state index contributed by atoms with van der Waals surface area (Å²) in [5.74, 6) is -0.0603. The molecule has 1 N–H and O–H groups in total. The largest absolute Gasteiger partial charge is 1.00 e. The number of aldehydes is 1. The van der Waals surface area contributed by atoms with Gasteiger partial charge in [0.1, 0.15) is 6.29 Å². The van der Waals surface area contributed by atoms with Gasteiger partial charge in [0, 0.05) is 6.20 Å². The zero-order chi connectivity index (χ0) is 9.40. The van der Waals surface area contributed by atoms with E-state index in [0.717, 1.165) is 0 Å². The molecule has 0 heterocycles. The summed E-state index contributed by atoms with van der Waals surface area (Å²) in [5, 5.41) is 0. The van der Waals surface area contributed by atoms with E-state index in [4.69, 9.17) is 0 Å². The predicted octanol–water partition coefficient (Wildman–Crippen LogP) is -2.09. The molecule has 0 amide bonds. The normalized spacial score (nSPS) is 9.46. The second kappa shape index (κ2) is 9.77. The van der Waals surface area contributed by atoms with Gasteiger partial charge in [-0.15, -0.1) is 0 Å². The van der Waals surface area contributed by atoms with E-state index < -0.39 is 0 Å². The Labute approximate surface area is 101 Å². The molecule has 0 bridgehead atoms. The van der Waals surface area contributed by atoms with Crippen LogP contribution in [-0.2, 0) is 14.4 Å². The molecular weight excluding hydrogens is 181 g/mol. The zero-order valence-electron chi connectivity index (χ0n) is 9.24. The molecule has 0 saturated heterocycles. The van der Waals surface area contributed by atoms with E-state index in [1.807, 2.05) is 13.8 Å². The van der Waals surface area contributed by atoms with Gasteiger partial charge in [-0.1, -0.05) is 13.8 Å². The van der Waals surface area contributed by atoms with Crippen molar-refractivity contribution in [1.29, 1.82) is 0 Å². The molecule has 0 unspecified atom stereocenters. The molecule has 4 nitrogen and oxygen atoms in total. The smallest absolute Gasteiger partial charge is 1.00 e. The Hall–Kier alpha value is -0.320. The van der Waals surface area contributed by atoms with E-state index in [0.29, 0.717) is 12.7 Å². The average molecular weight is 195 g/mol. The fraction of sp³-hybridized carbons (Fsp3) is 0.500. The summed E-state index contributed by atoms with van der Waals surface area (Å²) in [5.41, 5.74) is 2.23. The first-order valence-electron chi connectivity index (χ1n) is 3.72. The van der Waals surface area contributed by atoms with Crippen LogP contribution in [0.25, 0.3) is 0 Å². The van der Waals surface area contributed by atoms with Crippen molar-refractivity contribution < 1.29 is 45.4 Å². The van der Waals surface area contributed by atoms with Crippen LogP contribution in [0, 0.1) is 5.92 Å². The SMILES string of the molecule is CC(C)CC(=O)ONC=CC=O.[H-].[Na+]. The molecule has 0 rings (SSSR count). The van der Waals surface area contributed by atoms with Gasteiger partial charge in [0.05, 0.1) is 6.42 Å². The molecule has 0 aromatic carbocycles. The molecule has 70 valence electrons. The topological polar surface area (TPSA) is 55.4 Å². The minimum Gasteiger partial charge on any atom is -1.00 e. The number of hydrogen-bond donors (Lipinski definition) is 1. The minimum absolute atomic E-state index is 0. The van der Waals surface area contributed by atoms with Crippen molar-refractivity contribution in [3.63, 3.8) is 0 Å². The van der Waals surface area contributed by atoms with Crippen molar-refractivity contribution in [3.8, 4) is 0 Å². The summed E-state index contributed by atoms with van der Waals surface area (Å²) in [6.07, 6.45) is 3.40. The molecule has 0 radical (unpaired) electrons. The van der Waals surface area contributed by atoms with Gasteiger partial charge < -0.3 is 6.26 Å². The number of nitrogens with one attached hydrogen (secondary N) is 1. The summed E-state index contributed by atoms with van der Waals surface area (Å²) >= 11 is 0. The van der Waals surface area contributed by atoms with Gasteiger partial charge in [0.15, 0.2) is 0 Å². The van der Waals surface area contributed by atoms with Gasteiger partial charge in [-0.3, -0.25) is 4.79 Å². The van der Waals surface area contributed by atoms with E-state index in [-0.39, 0.29) is 42.9 Å². The van der Waals surface area contributed by atoms with Crippen molar-refractivity contribution in [2.45, 2.75) is 20.3 Å². The summed E-state index contributed by atoms with van der Waals surface area (Å²) < 4.78 is 0. The number of allylic oxidation sites excluding steroid dienone is 1. The molecule has 0 atom stereocenters. The van der Waals surface area contributed by atoms with Crippen molar-refractivity contribution in [3.05, 3.63) is 12.3 Å². The zero-order valence-corrected chi connectivity index (χ0v) is 10.2. The molecule has 0 aliphatic rings. The van der Waals surface area contributed by atoms with Crippen LogP contribution in [0.15, 0.2) is 12.3 Å². The standard InChI is InChI=1S/C8H13NO3.Na.H/c1-7(2)6-8(11)12-9-4-3-5-10;;/h3-5,7,9H,6H2,1-2H3;;/q;+1;-1. The van der Waals surface area contributed by atoms with Gasteiger partial charge in [0.25, 0.3) is 0 Å². The van der Waals surface area contributed by atoms with E-state index in [1.54, 1.807) is 0 Å². The third-order valence-electron chi connectivity index (χ3n) is 0.991. The fourth-order valence-electron chi connectivity index (χ4n) is 0.553. The van der Waals surface area contributed by atoms with Crippen molar-refractivity contribution >= 4 is 12.3 Å². The van der Waals surface area contributed by atoms with E-state index in [2.05, 4.69) is 10.3 Å². The monoisotopic (exact) mass is 195 g/mol. The fourth-order valence-corrected chi connectivity index (χ4v) is 0.553. The van der Waals surface area contributed by atoms with Crippen molar-refractivity contribution in [2.24, 2.45) is 5.92 Å². The number of rotatable bonds is 5. The van der Waals surface area contributed by atoms with Gasteiger partial charge in [-0.2, -0.15) is 0 Å². The molecular formula is C8H14NNaO3. The Morgan fingerprint density at radius 2 is 2.23 bits per heavy atom. The van der Waals surface area contributed by atoms with E-state index >= 15 is 0 Å². The quantitative estimate of drug-likeness (QED) is 0.236. The molecule has 13 heavy (non-hydrogen) atoms. The third-order valence-corrected chi connectivity index (χ3v) is 0.991. The van der Waals surface area contributed by atoms with Crippen LogP contribution in [0.5, 0.6) is 0 Å². The predicted molar refractivity (Wildman–Crippen MR) is 45.0 cm³/mol. The van der Waals surface area contributed by atoms with Crippen LogP contribution in [0.3, 0.4) is 0 Å². The minimum atomic E-state index is -0.333. The third kappa shape index (κ3) is 11.7. The van der Waals surface area contributed by atoms with Gasteiger partial charge in [0.2, 0.25) is 0 Å². The maximum absolute atomic E-state index is 10.8. The van der Waals surface area contributed by atoms with Crippen molar-refractivity contribution in [1.82, 2.24) is 5.48 Å². The number of carbonyl (C=O) groups excluding carboxylic acids is 2. The maximum Gasteiger partial charge on any atom is 1.00 e.